The van der Waals surface area contributed by atoms with Crippen LogP contribution < -0.4 is 0 Å². The summed E-state index contributed by atoms with van der Waals surface area (Å²) in [6.45, 7) is 3.80. The van der Waals surface area contributed by atoms with Gasteiger partial charge in [0.05, 0.1) is 5.60 Å². The molecule has 2 N–H and O–H groups in total. The largest absolute Gasteiger partial charge is 0.634 e. The molecular weight excluding hydrogens is 155 g/mol. The smallest absolute Gasteiger partial charge is 0.402 e. The van der Waals surface area contributed by atoms with Crippen LogP contribution in [0.3, 0.4) is 0 Å². The van der Waals surface area contributed by atoms with E-state index in [4.69, 9.17) is 14.7 Å². The van der Waals surface area contributed by atoms with Gasteiger partial charge in [-0.1, -0.05) is 23.8 Å². The normalized spacial score (nSPS) is 28.5. The van der Waals surface area contributed by atoms with Gasteiger partial charge in [-0.25, -0.2) is 0 Å². The van der Waals surface area contributed by atoms with Crippen molar-refractivity contribution in [1.29, 1.82) is 0 Å². The predicted octanol–water partition coefficient (Wildman–Crippen LogP) is 0.637. The quantitative estimate of drug-likeness (QED) is 0.594. The Bertz CT molecular complexity index is 222. The summed E-state index contributed by atoms with van der Waals surface area (Å²) in [6, 6.07) is 0. The summed E-state index contributed by atoms with van der Waals surface area (Å²) in [5.41, 5.74) is 0.594. The Labute approximate surface area is 72.5 Å². The van der Waals surface area contributed by atoms with Crippen molar-refractivity contribution in [2.45, 2.75) is 25.9 Å². The van der Waals surface area contributed by atoms with Crippen molar-refractivity contribution >= 4 is 7.32 Å². The van der Waals surface area contributed by atoms with Crippen LogP contribution in [0.5, 0.6) is 0 Å². The van der Waals surface area contributed by atoms with Crippen molar-refractivity contribution in [2.75, 3.05) is 0 Å². The second-order valence-corrected chi connectivity index (χ2v) is 3.24. The van der Waals surface area contributed by atoms with E-state index in [1.807, 2.05) is 32.1 Å². The lowest BCUT2D eigenvalue weighted by atomic mass is 9.93. The molecule has 1 atom stereocenters. The molecule has 0 radical (unpaired) electrons. The minimum Gasteiger partial charge on any atom is -0.402 e. The minimum absolute atomic E-state index is 0.576. The first-order valence-electron chi connectivity index (χ1n) is 3.92. The molecule has 1 aliphatic rings. The maximum atomic E-state index is 8.61. The monoisotopic (exact) mass is 168 g/mol. The Morgan fingerprint density at radius 3 is 2.67 bits per heavy atom. The SMILES string of the molecule is CC1=CCC(C)(OB(O)O)C=C1. The lowest BCUT2D eigenvalue weighted by Gasteiger charge is -2.27. The average molecular weight is 168 g/mol. The van der Waals surface area contributed by atoms with Crippen LogP contribution in [0, 0.1) is 0 Å². The Morgan fingerprint density at radius 1 is 1.58 bits per heavy atom. The second kappa shape index (κ2) is 3.43. The fourth-order valence-corrected chi connectivity index (χ4v) is 1.14. The highest BCUT2D eigenvalue weighted by Gasteiger charge is 2.27. The molecule has 0 fully saturated rings. The van der Waals surface area contributed by atoms with Crippen LogP contribution in [0.2, 0.25) is 0 Å². The summed E-state index contributed by atoms with van der Waals surface area (Å²) in [4.78, 5) is 0. The number of hydrogen-bond donors (Lipinski definition) is 2. The maximum Gasteiger partial charge on any atom is 0.634 e. The molecule has 0 aromatic heterocycles. The molecule has 0 aromatic carbocycles. The zero-order chi connectivity index (χ0) is 9.19. The van der Waals surface area contributed by atoms with Crippen LogP contribution in [0.1, 0.15) is 20.3 Å². The van der Waals surface area contributed by atoms with Crippen LogP contribution in [0.25, 0.3) is 0 Å². The molecule has 1 unspecified atom stereocenters. The Hall–Kier alpha value is -0.575. The molecule has 0 bridgehead atoms. The third kappa shape index (κ3) is 2.48. The summed E-state index contributed by atoms with van der Waals surface area (Å²) >= 11 is 0. The van der Waals surface area contributed by atoms with Crippen LogP contribution in [0.15, 0.2) is 23.8 Å². The van der Waals surface area contributed by atoms with Gasteiger partial charge in [0.15, 0.2) is 0 Å². The molecule has 12 heavy (non-hydrogen) atoms. The van der Waals surface area contributed by atoms with Crippen molar-refractivity contribution < 1.29 is 14.7 Å². The first-order chi connectivity index (χ1) is 5.52. The van der Waals surface area contributed by atoms with Crippen molar-refractivity contribution in [3.8, 4) is 0 Å². The highest BCUT2D eigenvalue weighted by Crippen LogP contribution is 2.24. The van der Waals surface area contributed by atoms with Crippen molar-refractivity contribution in [1.82, 2.24) is 0 Å². The molecule has 0 heterocycles. The molecule has 1 rings (SSSR count). The highest BCUT2D eigenvalue weighted by molar-refractivity contribution is 6.32. The van der Waals surface area contributed by atoms with Crippen molar-refractivity contribution in [3.63, 3.8) is 0 Å². The summed E-state index contributed by atoms with van der Waals surface area (Å²) in [7, 11) is -1.70. The lowest BCUT2D eigenvalue weighted by Crippen LogP contribution is -2.35. The van der Waals surface area contributed by atoms with Gasteiger partial charge in [-0.05, 0) is 20.3 Å². The lowest BCUT2D eigenvalue weighted by molar-refractivity contribution is 0.0740. The summed E-state index contributed by atoms with van der Waals surface area (Å²) in [5.74, 6) is 0. The maximum absolute atomic E-state index is 8.61. The molecule has 0 saturated heterocycles. The molecular formula is C8H13BO3. The first kappa shape index (κ1) is 9.51. The average Bonchev–Trinajstić information content (AvgIpc) is 1.94. The zero-order valence-corrected chi connectivity index (χ0v) is 7.32. The van der Waals surface area contributed by atoms with Gasteiger partial charge in [0.1, 0.15) is 0 Å². The van der Waals surface area contributed by atoms with Gasteiger partial charge in [-0.15, -0.1) is 0 Å². The molecule has 0 spiro atoms. The topological polar surface area (TPSA) is 49.7 Å². The van der Waals surface area contributed by atoms with Crippen LogP contribution >= 0.6 is 0 Å². The number of allylic oxidation sites excluding steroid dienone is 2. The minimum atomic E-state index is -1.70. The van der Waals surface area contributed by atoms with E-state index in [0.717, 1.165) is 0 Å². The first-order valence-corrected chi connectivity index (χ1v) is 3.92. The van der Waals surface area contributed by atoms with E-state index < -0.39 is 12.9 Å². The fourth-order valence-electron chi connectivity index (χ4n) is 1.14. The molecule has 0 aromatic rings. The molecule has 66 valence electrons. The van der Waals surface area contributed by atoms with Crippen molar-refractivity contribution in [2.24, 2.45) is 0 Å². The van der Waals surface area contributed by atoms with Crippen LogP contribution in [0.4, 0.5) is 0 Å². The van der Waals surface area contributed by atoms with Gasteiger partial charge in [0.2, 0.25) is 0 Å². The number of rotatable bonds is 2. The summed E-state index contributed by atoms with van der Waals surface area (Å²) < 4.78 is 4.91. The van der Waals surface area contributed by atoms with Gasteiger partial charge in [0.25, 0.3) is 0 Å². The Balaban J connectivity index is 2.59. The van der Waals surface area contributed by atoms with E-state index >= 15 is 0 Å². The highest BCUT2D eigenvalue weighted by atomic mass is 16.6. The van der Waals surface area contributed by atoms with Gasteiger partial charge in [0, 0.05) is 0 Å². The standard InChI is InChI=1S/C8H13BO3/c1-7-3-5-8(2,6-4-7)12-9(10)11/h3-5,10-11H,6H2,1-2H3. The van der Waals surface area contributed by atoms with E-state index in [2.05, 4.69) is 0 Å². The molecule has 0 saturated carbocycles. The number of hydrogen-bond acceptors (Lipinski definition) is 3. The molecule has 4 heteroatoms. The van der Waals surface area contributed by atoms with Gasteiger partial charge < -0.3 is 14.7 Å². The van der Waals surface area contributed by atoms with Gasteiger partial charge in [-0.3, -0.25) is 0 Å². The van der Waals surface area contributed by atoms with Gasteiger partial charge >= 0.3 is 7.32 Å². The van der Waals surface area contributed by atoms with E-state index in [1.165, 1.54) is 5.57 Å². The second-order valence-electron chi connectivity index (χ2n) is 3.24. The Kier molecular flexibility index (Phi) is 2.72. The third-order valence-corrected chi connectivity index (χ3v) is 1.90. The zero-order valence-electron chi connectivity index (χ0n) is 7.32. The third-order valence-electron chi connectivity index (χ3n) is 1.90. The van der Waals surface area contributed by atoms with Gasteiger partial charge in [-0.2, -0.15) is 0 Å². The van der Waals surface area contributed by atoms with E-state index in [0.29, 0.717) is 6.42 Å². The van der Waals surface area contributed by atoms with Crippen LogP contribution in [-0.4, -0.2) is 23.0 Å². The molecule has 3 nitrogen and oxygen atoms in total. The van der Waals surface area contributed by atoms with E-state index in [1.54, 1.807) is 0 Å². The molecule has 0 aliphatic heterocycles. The van der Waals surface area contributed by atoms with E-state index in [9.17, 15) is 0 Å². The van der Waals surface area contributed by atoms with E-state index in [-0.39, 0.29) is 0 Å². The molecule has 1 aliphatic carbocycles. The predicted molar refractivity (Wildman–Crippen MR) is 47.2 cm³/mol. The van der Waals surface area contributed by atoms with Crippen molar-refractivity contribution in [3.05, 3.63) is 23.8 Å². The van der Waals surface area contributed by atoms with Crippen LogP contribution in [-0.2, 0) is 4.65 Å². The summed E-state index contributed by atoms with van der Waals surface area (Å²) in [6.07, 6.45) is 6.42. The summed E-state index contributed by atoms with van der Waals surface area (Å²) in [5, 5.41) is 17.2. The molecule has 0 amide bonds. The Morgan fingerprint density at radius 2 is 2.25 bits per heavy atom. The fraction of sp³-hybridized carbons (Fsp3) is 0.500.